The van der Waals surface area contributed by atoms with Gasteiger partial charge in [0.05, 0.1) is 19.3 Å². The molecule has 0 aliphatic heterocycles. The Labute approximate surface area is 182 Å². The first-order chi connectivity index (χ1) is 14.9. The maximum absolute atomic E-state index is 13.0. The fourth-order valence-corrected chi connectivity index (χ4v) is 3.25. The smallest absolute Gasteiger partial charge is 0.244 e. The predicted molar refractivity (Wildman–Crippen MR) is 125 cm³/mol. The van der Waals surface area contributed by atoms with Crippen LogP contribution in [0.2, 0.25) is 0 Å². The number of aryl methyl sites for hydroxylation is 1. The Bertz CT molecular complexity index is 1030. The van der Waals surface area contributed by atoms with Gasteiger partial charge in [-0.2, -0.15) is 0 Å². The van der Waals surface area contributed by atoms with Crippen molar-refractivity contribution in [3.63, 3.8) is 0 Å². The molecule has 3 rings (SSSR count). The number of anilines is 3. The van der Waals surface area contributed by atoms with Crippen molar-refractivity contribution in [3.8, 4) is 5.75 Å². The predicted octanol–water partition coefficient (Wildman–Crippen LogP) is 4.61. The van der Waals surface area contributed by atoms with Gasteiger partial charge in [0.15, 0.2) is 0 Å². The number of nitrogens with zero attached hydrogens (tertiary/aromatic N) is 1. The number of benzene rings is 3. The third-order valence-electron chi connectivity index (χ3n) is 4.74. The summed E-state index contributed by atoms with van der Waals surface area (Å²) in [5, 5.41) is 5.63. The Morgan fingerprint density at radius 2 is 1.65 bits per heavy atom. The molecule has 2 amide bonds. The van der Waals surface area contributed by atoms with Gasteiger partial charge in [0.2, 0.25) is 11.8 Å². The van der Waals surface area contributed by atoms with E-state index in [9.17, 15) is 9.59 Å². The summed E-state index contributed by atoms with van der Waals surface area (Å²) < 4.78 is 5.36. The van der Waals surface area contributed by atoms with Crippen LogP contribution in [-0.4, -0.2) is 25.5 Å². The fourth-order valence-electron chi connectivity index (χ4n) is 3.25. The zero-order valence-corrected chi connectivity index (χ0v) is 18.0. The first kappa shape index (κ1) is 21.9. The molecule has 0 radical (unpaired) electrons. The van der Waals surface area contributed by atoms with Gasteiger partial charge in [-0.15, -0.1) is 0 Å². The highest BCUT2D eigenvalue weighted by Crippen LogP contribution is 2.28. The number of nitrogens with one attached hydrogen (secondary N) is 2. The Hall–Kier alpha value is -3.80. The molecule has 160 valence electrons. The Balaban J connectivity index is 1.80. The second kappa shape index (κ2) is 10.3. The minimum Gasteiger partial charge on any atom is -0.495 e. The summed E-state index contributed by atoms with van der Waals surface area (Å²) in [5.74, 6) is 0.151. The van der Waals surface area contributed by atoms with Crippen LogP contribution in [0.25, 0.3) is 0 Å². The van der Waals surface area contributed by atoms with Crippen molar-refractivity contribution >= 4 is 28.9 Å². The lowest BCUT2D eigenvalue weighted by Gasteiger charge is -2.25. The number of carbonyl (C=O) groups excluding carboxylic acids is 2. The lowest BCUT2D eigenvalue weighted by Crippen LogP contribution is -2.33. The zero-order valence-electron chi connectivity index (χ0n) is 18.0. The van der Waals surface area contributed by atoms with Crippen molar-refractivity contribution in [3.05, 3.63) is 83.9 Å². The van der Waals surface area contributed by atoms with E-state index >= 15 is 0 Å². The van der Waals surface area contributed by atoms with E-state index in [1.807, 2.05) is 66.4 Å². The molecule has 2 N–H and O–H groups in total. The SMILES string of the molecule is COc1ccc(NC(C)=O)cc1NC(=O)CN(Cc1ccccc1)c1ccc(C)cc1. The lowest BCUT2D eigenvalue weighted by molar-refractivity contribution is -0.115. The molecule has 6 nitrogen and oxygen atoms in total. The van der Waals surface area contributed by atoms with E-state index in [2.05, 4.69) is 10.6 Å². The van der Waals surface area contributed by atoms with Gasteiger partial charge in [0.25, 0.3) is 0 Å². The zero-order chi connectivity index (χ0) is 22.2. The van der Waals surface area contributed by atoms with E-state index in [-0.39, 0.29) is 18.4 Å². The monoisotopic (exact) mass is 417 g/mol. The van der Waals surface area contributed by atoms with Gasteiger partial charge in [-0.1, -0.05) is 48.0 Å². The van der Waals surface area contributed by atoms with Crippen LogP contribution in [0.4, 0.5) is 17.1 Å². The minimum absolute atomic E-state index is 0.158. The molecule has 0 bridgehead atoms. The molecular formula is C25H27N3O3. The van der Waals surface area contributed by atoms with Crippen molar-refractivity contribution in [2.45, 2.75) is 20.4 Å². The molecule has 0 saturated carbocycles. The van der Waals surface area contributed by atoms with E-state index in [1.54, 1.807) is 18.2 Å². The average molecular weight is 418 g/mol. The number of hydrogen-bond acceptors (Lipinski definition) is 4. The maximum Gasteiger partial charge on any atom is 0.244 e. The summed E-state index contributed by atoms with van der Waals surface area (Å²) in [7, 11) is 1.54. The van der Waals surface area contributed by atoms with Crippen LogP contribution in [0.1, 0.15) is 18.1 Å². The van der Waals surface area contributed by atoms with Crippen LogP contribution < -0.4 is 20.3 Å². The largest absolute Gasteiger partial charge is 0.495 e. The van der Waals surface area contributed by atoms with Crippen LogP contribution in [0.3, 0.4) is 0 Å². The van der Waals surface area contributed by atoms with Gasteiger partial charge < -0.3 is 20.3 Å². The van der Waals surface area contributed by atoms with E-state index in [0.717, 1.165) is 16.8 Å². The number of rotatable bonds is 8. The summed E-state index contributed by atoms with van der Waals surface area (Å²) in [4.78, 5) is 26.3. The minimum atomic E-state index is -0.185. The molecule has 0 unspecified atom stereocenters. The second-order valence-corrected chi connectivity index (χ2v) is 7.32. The van der Waals surface area contributed by atoms with Gasteiger partial charge in [-0.3, -0.25) is 9.59 Å². The molecule has 0 fully saturated rings. The topological polar surface area (TPSA) is 70.7 Å². The van der Waals surface area contributed by atoms with Crippen LogP contribution in [0.15, 0.2) is 72.8 Å². The molecule has 0 spiro atoms. The Morgan fingerprint density at radius 3 is 2.29 bits per heavy atom. The Kier molecular flexibility index (Phi) is 7.27. The number of carbonyl (C=O) groups is 2. The van der Waals surface area contributed by atoms with Gasteiger partial charge in [-0.25, -0.2) is 0 Å². The average Bonchev–Trinajstić information content (AvgIpc) is 2.74. The molecule has 0 saturated heterocycles. The Morgan fingerprint density at radius 1 is 0.935 bits per heavy atom. The maximum atomic E-state index is 13.0. The number of hydrogen-bond donors (Lipinski definition) is 2. The van der Waals surface area contributed by atoms with Gasteiger partial charge in [-0.05, 0) is 42.8 Å². The summed E-state index contributed by atoms with van der Waals surface area (Å²) in [6.45, 7) is 4.23. The van der Waals surface area contributed by atoms with E-state index in [1.165, 1.54) is 14.0 Å². The van der Waals surface area contributed by atoms with Crippen molar-refractivity contribution in [2.75, 3.05) is 29.2 Å². The van der Waals surface area contributed by atoms with Crippen LogP contribution in [-0.2, 0) is 16.1 Å². The number of methoxy groups -OCH3 is 1. The highest BCUT2D eigenvalue weighted by atomic mass is 16.5. The molecule has 0 aliphatic rings. The molecule has 6 heteroatoms. The quantitative estimate of drug-likeness (QED) is 0.562. The highest BCUT2D eigenvalue weighted by Gasteiger charge is 2.15. The van der Waals surface area contributed by atoms with Crippen LogP contribution >= 0.6 is 0 Å². The van der Waals surface area contributed by atoms with E-state index < -0.39 is 0 Å². The van der Waals surface area contributed by atoms with Crippen molar-refractivity contribution in [2.24, 2.45) is 0 Å². The van der Waals surface area contributed by atoms with Crippen molar-refractivity contribution < 1.29 is 14.3 Å². The summed E-state index contributed by atoms with van der Waals surface area (Å²) >= 11 is 0. The first-order valence-electron chi connectivity index (χ1n) is 10.1. The molecule has 3 aromatic carbocycles. The molecule has 0 aliphatic carbocycles. The fraction of sp³-hybridized carbons (Fsp3) is 0.200. The number of amides is 2. The molecule has 0 heterocycles. The molecular weight excluding hydrogens is 390 g/mol. The lowest BCUT2D eigenvalue weighted by atomic mass is 10.1. The first-order valence-corrected chi connectivity index (χ1v) is 10.1. The van der Waals surface area contributed by atoms with Gasteiger partial charge >= 0.3 is 0 Å². The third kappa shape index (κ3) is 6.34. The summed E-state index contributed by atoms with van der Waals surface area (Å²) in [5.41, 5.74) is 4.32. The normalized spacial score (nSPS) is 10.3. The van der Waals surface area contributed by atoms with Crippen molar-refractivity contribution in [1.82, 2.24) is 0 Å². The van der Waals surface area contributed by atoms with Gasteiger partial charge in [0, 0.05) is 24.8 Å². The van der Waals surface area contributed by atoms with E-state index in [4.69, 9.17) is 4.74 Å². The van der Waals surface area contributed by atoms with E-state index in [0.29, 0.717) is 23.7 Å². The molecule has 31 heavy (non-hydrogen) atoms. The second-order valence-electron chi connectivity index (χ2n) is 7.32. The molecule has 3 aromatic rings. The standard InChI is InChI=1S/C25H27N3O3/c1-18-9-12-22(13-10-18)28(16-20-7-5-4-6-8-20)17-25(30)27-23-15-21(26-19(2)29)11-14-24(23)31-3/h4-15H,16-17H2,1-3H3,(H,26,29)(H,27,30). The molecule has 0 atom stereocenters. The summed E-state index contributed by atoms with van der Waals surface area (Å²) in [6.07, 6.45) is 0. The van der Waals surface area contributed by atoms with Gasteiger partial charge in [0.1, 0.15) is 5.75 Å². The summed E-state index contributed by atoms with van der Waals surface area (Å²) in [6, 6.07) is 23.3. The van der Waals surface area contributed by atoms with Crippen LogP contribution in [0, 0.1) is 6.92 Å². The third-order valence-corrected chi connectivity index (χ3v) is 4.74. The number of ether oxygens (including phenoxy) is 1. The molecule has 0 aromatic heterocycles. The van der Waals surface area contributed by atoms with Crippen LogP contribution in [0.5, 0.6) is 5.75 Å². The highest BCUT2D eigenvalue weighted by molar-refractivity contribution is 5.97. The van der Waals surface area contributed by atoms with Crippen molar-refractivity contribution in [1.29, 1.82) is 0 Å².